The first-order valence-corrected chi connectivity index (χ1v) is 7.14. The number of halogens is 1. The van der Waals surface area contributed by atoms with Gasteiger partial charge in [-0.25, -0.2) is 0 Å². The van der Waals surface area contributed by atoms with Crippen LogP contribution in [0.1, 0.15) is 48.2 Å². The van der Waals surface area contributed by atoms with Gasteiger partial charge in [-0.2, -0.15) is 0 Å². The Balaban J connectivity index is 2.63. The zero-order valence-electron chi connectivity index (χ0n) is 9.22. The van der Waals surface area contributed by atoms with Crippen molar-refractivity contribution in [1.82, 2.24) is 0 Å². The van der Waals surface area contributed by atoms with E-state index in [4.69, 9.17) is 0 Å². The molecule has 0 aliphatic heterocycles. The van der Waals surface area contributed by atoms with Crippen LogP contribution in [0.25, 0.3) is 0 Å². The average molecular weight is 275 g/mol. The van der Waals surface area contributed by atoms with E-state index in [-0.39, 0.29) is 0 Å². The molecule has 0 nitrogen and oxygen atoms in total. The number of hydrogen-bond donors (Lipinski definition) is 0. The fourth-order valence-electron chi connectivity index (χ4n) is 1.61. The average Bonchev–Trinajstić information content (AvgIpc) is 2.65. The van der Waals surface area contributed by atoms with Crippen molar-refractivity contribution < 1.29 is 0 Å². The molecule has 0 aromatic carbocycles. The molecule has 0 saturated heterocycles. The third-order valence-corrected chi connectivity index (χ3v) is 5.56. The molecule has 2 unspecified atom stereocenters. The SMILES string of the molecule is CCCC(C)C(Br)c1ccc(CC)s1. The first kappa shape index (κ1) is 12.3. The van der Waals surface area contributed by atoms with E-state index in [0.717, 1.165) is 12.3 Å². The summed E-state index contributed by atoms with van der Waals surface area (Å²) in [6, 6.07) is 4.53. The van der Waals surface area contributed by atoms with Gasteiger partial charge in [-0.05, 0) is 30.9 Å². The maximum atomic E-state index is 3.81. The molecule has 0 radical (unpaired) electrons. The van der Waals surface area contributed by atoms with Crippen LogP contribution in [0.5, 0.6) is 0 Å². The van der Waals surface area contributed by atoms with Crippen LogP contribution in [-0.4, -0.2) is 0 Å². The van der Waals surface area contributed by atoms with Crippen molar-refractivity contribution >= 4 is 27.3 Å². The number of aryl methyl sites for hydroxylation is 1. The Morgan fingerprint density at radius 3 is 2.57 bits per heavy atom. The standard InChI is InChI=1S/C12H19BrS/c1-4-6-9(3)12(13)11-8-7-10(5-2)14-11/h7-9,12H,4-6H2,1-3H3. The van der Waals surface area contributed by atoms with Crippen LogP contribution in [-0.2, 0) is 6.42 Å². The normalized spacial score (nSPS) is 15.4. The molecule has 1 aromatic heterocycles. The molecule has 1 rings (SSSR count). The Morgan fingerprint density at radius 1 is 1.36 bits per heavy atom. The molecule has 0 amide bonds. The molecular formula is C12H19BrS. The molecule has 2 atom stereocenters. The first-order valence-electron chi connectivity index (χ1n) is 5.41. The largest absolute Gasteiger partial charge is 0.144 e. The summed E-state index contributed by atoms with van der Waals surface area (Å²) in [4.78, 5) is 3.53. The lowest BCUT2D eigenvalue weighted by Crippen LogP contribution is -2.00. The van der Waals surface area contributed by atoms with E-state index in [9.17, 15) is 0 Å². The minimum Gasteiger partial charge on any atom is -0.144 e. The lowest BCUT2D eigenvalue weighted by molar-refractivity contribution is 0.522. The number of alkyl halides is 1. The Labute approximate surface area is 99.9 Å². The van der Waals surface area contributed by atoms with Gasteiger partial charge in [-0.3, -0.25) is 0 Å². The Kier molecular flexibility index (Phi) is 5.18. The Morgan fingerprint density at radius 2 is 2.07 bits per heavy atom. The highest BCUT2D eigenvalue weighted by Crippen LogP contribution is 2.37. The second kappa shape index (κ2) is 5.92. The van der Waals surface area contributed by atoms with Gasteiger partial charge < -0.3 is 0 Å². The second-order valence-electron chi connectivity index (χ2n) is 3.83. The number of hydrogen-bond acceptors (Lipinski definition) is 1. The molecule has 0 N–H and O–H groups in total. The molecule has 0 spiro atoms. The molecule has 14 heavy (non-hydrogen) atoms. The third-order valence-electron chi connectivity index (χ3n) is 2.55. The Hall–Kier alpha value is 0.180. The third kappa shape index (κ3) is 3.09. The molecule has 2 heteroatoms. The van der Waals surface area contributed by atoms with Crippen molar-refractivity contribution in [2.75, 3.05) is 0 Å². The maximum Gasteiger partial charge on any atom is 0.0514 e. The summed E-state index contributed by atoms with van der Waals surface area (Å²) in [6.45, 7) is 6.80. The Bertz CT molecular complexity index is 267. The van der Waals surface area contributed by atoms with Gasteiger partial charge in [0.05, 0.1) is 4.83 Å². The van der Waals surface area contributed by atoms with E-state index >= 15 is 0 Å². The van der Waals surface area contributed by atoms with Crippen LogP contribution in [0.3, 0.4) is 0 Å². The lowest BCUT2D eigenvalue weighted by atomic mass is 10.0. The quantitative estimate of drug-likeness (QED) is 0.649. The van der Waals surface area contributed by atoms with Gasteiger partial charge in [-0.15, -0.1) is 11.3 Å². The van der Waals surface area contributed by atoms with E-state index in [1.54, 1.807) is 0 Å². The van der Waals surface area contributed by atoms with E-state index in [1.165, 1.54) is 22.6 Å². The molecule has 0 aliphatic carbocycles. The monoisotopic (exact) mass is 274 g/mol. The zero-order chi connectivity index (χ0) is 10.6. The van der Waals surface area contributed by atoms with Gasteiger partial charge in [0.25, 0.3) is 0 Å². The molecule has 1 aromatic rings. The van der Waals surface area contributed by atoms with Crippen LogP contribution in [0.15, 0.2) is 12.1 Å². The minimum absolute atomic E-state index is 0.549. The highest BCUT2D eigenvalue weighted by atomic mass is 79.9. The zero-order valence-corrected chi connectivity index (χ0v) is 11.6. The summed E-state index contributed by atoms with van der Waals surface area (Å²) >= 11 is 5.75. The van der Waals surface area contributed by atoms with Crippen molar-refractivity contribution in [1.29, 1.82) is 0 Å². The fraction of sp³-hybridized carbons (Fsp3) is 0.667. The van der Waals surface area contributed by atoms with Crippen molar-refractivity contribution in [2.45, 2.75) is 44.9 Å². The van der Waals surface area contributed by atoms with E-state index < -0.39 is 0 Å². The van der Waals surface area contributed by atoms with E-state index in [1.807, 2.05) is 11.3 Å². The molecule has 1 heterocycles. The van der Waals surface area contributed by atoms with Crippen molar-refractivity contribution in [3.63, 3.8) is 0 Å². The molecule has 0 aliphatic rings. The topological polar surface area (TPSA) is 0 Å². The van der Waals surface area contributed by atoms with E-state index in [2.05, 4.69) is 48.8 Å². The predicted octanol–water partition coefficient (Wildman–Crippen LogP) is 5.18. The van der Waals surface area contributed by atoms with Crippen LogP contribution in [0, 0.1) is 5.92 Å². The lowest BCUT2D eigenvalue weighted by Gasteiger charge is -2.15. The van der Waals surface area contributed by atoms with Gasteiger partial charge in [0.2, 0.25) is 0 Å². The van der Waals surface area contributed by atoms with Gasteiger partial charge in [0, 0.05) is 9.75 Å². The summed E-state index contributed by atoms with van der Waals surface area (Å²) in [5, 5.41) is 0. The number of thiophene rings is 1. The highest BCUT2D eigenvalue weighted by Gasteiger charge is 2.16. The van der Waals surface area contributed by atoms with Gasteiger partial charge >= 0.3 is 0 Å². The van der Waals surface area contributed by atoms with Gasteiger partial charge in [0.1, 0.15) is 0 Å². The molecule has 0 fully saturated rings. The molecular weight excluding hydrogens is 256 g/mol. The van der Waals surface area contributed by atoms with Crippen molar-refractivity contribution in [3.8, 4) is 0 Å². The van der Waals surface area contributed by atoms with Crippen LogP contribution < -0.4 is 0 Å². The fourth-order valence-corrected chi connectivity index (χ4v) is 3.38. The highest BCUT2D eigenvalue weighted by molar-refractivity contribution is 9.09. The first-order chi connectivity index (χ1) is 6.69. The van der Waals surface area contributed by atoms with Crippen LogP contribution >= 0.6 is 27.3 Å². The van der Waals surface area contributed by atoms with Crippen LogP contribution in [0.4, 0.5) is 0 Å². The predicted molar refractivity (Wildman–Crippen MR) is 69.4 cm³/mol. The number of rotatable bonds is 5. The summed E-state index contributed by atoms with van der Waals surface area (Å²) in [5.74, 6) is 0.739. The molecule has 0 bridgehead atoms. The second-order valence-corrected chi connectivity index (χ2v) is 6.01. The van der Waals surface area contributed by atoms with E-state index in [0.29, 0.717) is 4.83 Å². The van der Waals surface area contributed by atoms with Crippen molar-refractivity contribution in [2.24, 2.45) is 5.92 Å². The molecule has 0 saturated carbocycles. The minimum atomic E-state index is 0.549. The van der Waals surface area contributed by atoms with Gasteiger partial charge in [-0.1, -0.05) is 43.1 Å². The van der Waals surface area contributed by atoms with Gasteiger partial charge in [0.15, 0.2) is 0 Å². The summed E-state index contributed by atoms with van der Waals surface area (Å²) in [7, 11) is 0. The maximum absolute atomic E-state index is 3.81. The smallest absolute Gasteiger partial charge is 0.0514 e. The molecule has 80 valence electrons. The van der Waals surface area contributed by atoms with Crippen LogP contribution in [0.2, 0.25) is 0 Å². The summed E-state index contributed by atoms with van der Waals surface area (Å²) in [6.07, 6.45) is 3.73. The van der Waals surface area contributed by atoms with Crippen molar-refractivity contribution in [3.05, 3.63) is 21.9 Å². The summed E-state index contributed by atoms with van der Waals surface area (Å²) in [5.41, 5.74) is 0. The summed E-state index contributed by atoms with van der Waals surface area (Å²) < 4.78 is 0.